The van der Waals surface area contributed by atoms with E-state index in [1.54, 1.807) is 24.0 Å². The predicted molar refractivity (Wildman–Crippen MR) is 81.0 cm³/mol. The normalized spacial score (nSPS) is 20.1. The van der Waals surface area contributed by atoms with Crippen LogP contribution >= 0.6 is 0 Å². The zero-order valence-electron chi connectivity index (χ0n) is 13.3. The average molecular weight is 378 g/mol. The first kappa shape index (κ1) is 17.9. The lowest BCUT2D eigenvalue weighted by atomic mass is 10.2. The first-order valence-corrected chi connectivity index (χ1v) is 8.91. The fourth-order valence-electron chi connectivity index (χ4n) is 2.78. The van der Waals surface area contributed by atoms with Crippen LogP contribution in [-0.4, -0.2) is 57.9 Å². The van der Waals surface area contributed by atoms with E-state index in [4.69, 9.17) is 0 Å². The Kier molecular flexibility index (Phi) is 4.60. The number of aromatic nitrogens is 4. The van der Waals surface area contributed by atoms with E-state index in [2.05, 4.69) is 15.4 Å². The van der Waals surface area contributed by atoms with Gasteiger partial charge in [-0.3, -0.25) is 4.68 Å². The molecule has 0 radical (unpaired) electrons. The Hall–Kier alpha value is -1.92. The Bertz CT molecular complexity index is 844. The van der Waals surface area contributed by atoms with Crippen LogP contribution in [0.5, 0.6) is 0 Å². The summed E-state index contributed by atoms with van der Waals surface area (Å²) in [7, 11) is -2.25. The van der Waals surface area contributed by atoms with E-state index in [1.807, 2.05) is 0 Å². The molecular formula is C13H17F3N6O2S. The van der Waals surface area contributed by atoms with E-state index >= 15 is 0 Å². The molecule has 8 nitrogen and oxygen atoms in total. The van der Waals surface area contributed by atoms with E-state index < -0.39 is 28.8 Å². The molecule has 2 aromatic heterocycles. The maximum Gasteiger partial charge on any atom is 0.408 e. The third-order valence-electron chi connectivity index (χ3n) is 3.91. The Labute approximate surface area is 142 Å². The second-order valence-corrected chi connectivity index (χ2v) is 7.61. The third-order valence-corrected chi connectivity index (χ3v) is 5.77. The summed E-state index contributed by atoms with van der Waals surface area (Å²) in [6.45, 7) is -0.352. The largest absolute Gasteiger partial charge is 0.408 e. The highest BCUT2D eigenvalue weighted by atomic mass is 32.2. The first-order valence-electron chi connectivity index (χ1n) is 7.47. The summed E-state index contributed by atoms with van der Waals surface area (Å²) in [4.78, 5) is 3.93. The van der Waals surface area contributed by atoms with Crippen molar-refractivity contribution in [2.45, 2.75) is 23.7 Å². The number of nitrogens with zero attached hydrogens (tertiary/aromatic N) is 5. The Morgan fingerprint density at radius 1 is 1.40 bits per heavy atom. The van der Waals surface area contributed by atoms with Crippen LogP contribution in [0.15, 0.2) is 29.7 Å². The molecule has 1 N–H and O–H groups in total. The van der Waals surface area contributed by atoms with Gasteiger partial charge in [-0.15, -0.1) is 0 Å². The summed E-state index contributed by atoms with van der Waals surface area (Å²) >= 11 is 0. The maximum atomic E-state index is 12.9. The zero-order chi connectivity index (χ0) is 18.2. The number of rotatable bonds is 4. The van der Waals surface area contributed by atoms with Crippen LogP contribution in [0.4, 0.5) is 13.2 Å². The number of sulfonamides is 1. The molecule has 0 aromatic carbocycles. The zero-order valence-corrected chi connectivity index (χ0v) is 14.1. The molecule has 0 amide bonds. The minimum absolute atomic E-state index is 0.185. The van der Waals surface area contributed by atoms with Crippen molar-refractivity contribution in [3.8, 4) is 0 Å². The molecule has 1 fully saturated rings. The van der Waals surface area contributed by atoms with Gasteiger partial charge < -0.3 is 9.88 Å². The SMILES string of the molecule is Cn1ccnc1C1CNCCN1S(=O)(=O)c1cnn(CC(F)(F)F)c1. The van der Waals surface area contributed by atoms with Gasteiger partial charge in [0, 0.05) is 45.3 Å². The van der Waals surface area contributed by atoms with E-state index in [0.29, 0.717) is 23.6 Å². The van der Waals surface area contributed by atoms with Crippen LogP contribution in [0.1, 0.15) is 11.9 Å². The molecule has 1 unspecified atom stereocenters. The number of hydrogen-bond donors (Lipinski definition) is 1. The second kappa shape index (κ2) is 6.42. The smallest absolute Gasteiger partial charge is 0.337 e. The monoisotopic (exact) mass is 378 g/mol. The third kappa shape index (κ3) is 3.70. The molecule has 3 rings (SSSR count). The molecule has 0 bridgehead atoms. The van der Waals surface area contributed by atoms with Crippen molar-refractivity contribution in [2.75, 3.05) is 19.6 Å². The molecule has 12 heteroatoms. The van der Waals surface area contributed by atoms with Gasteiger partial charge in [0.05, 0.1) is 12.2 Å². The topological polar surface area (TPSA) is 85.1 Å². The van der Waals surface area contributed by atoms with Gasteiger partial charge in [-0.05, 0) is 0 Å². The Morgan fingerprint density at radius 2 is 2.16 bits per heavy atom. The lowest BCUT2D eigenvalue weighted by Crippen LogP contribution is -2.49. The second-order valence-electron chi connectivity index (χ2n) is 5.72. The van der Waals surface area contributed by atoms with Crippen molar-refractivity contribution >= 4 is 10.0 Å². The number of alkyl halides is 3. The van der Waals surface area contributed by atoms with Gasteiger partial charge in [0.2, 0.25) is 10.0 Å². The van der Waals surface area contributed by atoms with E-state index in [0.717, 1.165) is 12.4 Å². The predicted octanol–water partition coefficient (Wildman–Crippen LogP) is 0.514. The highest BCUT2D eigenvalue weighted by Crippen LogP contribution is 2.28. The number of hydrogen-bond acceptors (Lipinski definition) is 5. The van der Waals surface area contributed by atoms with Gasteiger partial charge in [0.15, 0.2) is 0 Å². The molecule has 1 atom stereocenters. The standard InChI is InChI=1S/C13H17F3N6O2S/c1-20-4-3-18-12(20)11-7-17-2-5-22(11)25(23,24)10-6-19-21(8-10)9-13(14,15)16/h3-4,6,8,11,17H,2,5,7,9H2,1H3. The Morgan fingerprint density at radius 3 is 2.80 bits per heavy atom. The molecule has 1 saturated heterocycles. The van der Waals surface area contributed by atoms with Crippen LogP contribution in [0, 0.1) is 0 Å². The van der Waals surface area contributed by atoms with E-state index in [9.17, 15) is 21.6 Å². The Balaban J connectivity index is 1.91. The molecular weight excluding hydrogens is 361 g/mol. The minimum Gasteiger partial charge on any atom is -0.337 e. The summed E-state index contributed by atoms with van der Waals surface area (Å²) in [6.07, 6.45) is 0.642. The summed E-state index contributed by atoms with van der Waals surface area (Å²) in [5, 5.41) is 6.63. The summed E-state index contributed by atoms with van der Waals surface area (Å²) in [5.74, 6) is 0.554. The van der Waals surface area contributed by atoms with Gasteiger partial charge in [-0.2, -0.15) is 22.6 Å². The number of aryl methyl sites for hydroxylation is 1. The number of halogens is 3. The van der Waals surface area contributed by atoms with Crippen molar-refractivity contribution < 1.29 is 21.6 Å². The maximum absolute atomic E-state index is 12.9. The van der Waals surface area contributed by atoms with Gasteiger partial charge in [-0.1, -0.05) is 0 Å². The van der Waals surface area contributed by atoms with Crippen molar-refractivity contribution in [3.05, 3.63) is 30.6 Å². The molecule has 2 aromatic rings. The van der Waals surface area contributed by atoms with Gasteiger partial charge in [0.1, 0.15) is 17.3 Å². The summed E-state index contributed by atoms with van der Waals surface area (Å²) < 4.78 is 66.7. The lowest BCUT2D eigenvalue weighted by Gasteiger charge is -2.34. The van der Waals surface area contributed by atoms with Crippen LogP contribution in [-0.2, 0) is 23.6 Å². The van der Waals surface area contributed by atoms with Crippen molar-refractivity contribution in [2.24, 2.45) is 7.05 Å². The summed E-state index contributed by atoms with van der Waals surface area (Å²) in [6, 6.07) is -0.551. The lowest BCUT2D eigenvalue weighted by molar-refractivity contribution is -0.142. The molecule has 1 aliphatic rings. The number of piperazine rings is 1. The number of imidazole rings is 1. The van der Waals surface area contributed by atoms with Crippen LogP contribution in [0.2, 0.25) is 0 Å². The fraction of sp³-hybridized carbons (Fsp3) is 0.538. The molecule has 3 heterocycles. The van der Waals surface area contributed by atoms with Gasteiger partial charge >= 0.3 is 6.18 Å². The molecule has 138 valence electrons. The molecule has 0 spiro atoms. The quantitative estimate of drug-likeness (QED) is 0.838. The minimum atomic E-state index is -4.47. The highest BCUT2D eigenvalue weighted by Gasteiger charge is 2.37. The molecule has 0 aliphatic carbocycles. The van der Waals surface area contributed by atoms with Crippen LogP contribution in [0.25, 0.3) is 0 Å². The molecule has 1 aliphatic heterocycles. The number of nitrogens with one attached hydrogen (secondary N) is 1. The summed E-state index contributed by atoms with van der Waals surface area (Å²) in [5.41, 5.74) is 0. The van der Waals surface area contributed by atoms with Crippen LogP contribution < -0.4 is 5.32 Å². The molecule has 25 heavy (non-hydrogen) atoms. The van der Waals surface area contributed by atoms with E-state index in [-0.39, 0.29) is 11.4 Å². The average Bonchev–Trinajstić information content (AvgIpc) is 3.15. The van der Waals surface area contributed by atoms with E-state index in [1.165, 1.54) is 4.31 Å². The van der Waals surface area contributed by atoms with Crippen molar-refractivity contribution in [1.82, 2.24) is 29.0 Å². The van der Waals surface area contributed by atoms with Crippen LogP contribution in [0.3, 0.4) is 0 Å². The highest BCUT2D eigenvalue weighted by molar-refractivity contribution is 7.89. The van der Waals surface area contributed by atoms with Crippen molar-refractivity contribution in [3.63, 3.8) is 0 Å². The first-order chi connectivity index (χ1) is 11.7. The fourth-order valence-corrected chi connectivity index (χ4v) is 4.32. The van der Waals surface area contributed by atoms with Crippen molar-refractivity contribution in [1.29, 1.82) is 0 Å². The van der Waals surface area contributed by atoms with Gasteiger partial charge in [0.25, 0.3) is 0 Å². The molecule has 0 saturated carbocycles. The van der Waals surface area contributed by atoms with Gasteiger partial charge in [-0.25, -0.2) is 13.4 Å².